The van der Waals surface area contributed by atoms with Crippen LogP contribution >= 0.6 is 0 Å². The Kier molecular flexibility index (Phi) is 6.35. The smallest absolute Gasteiger partial charge is 0.343 e. The van der Waals surface area contributed by atoms with Crippen LogP contribution in [-0.4, -0.2) is 50.0 Å². The van der Waals surface area contributed by atoms with E-state index in [4.69, 9.17) is 18.9 Å². The third kappa shape index (κ3) is 4.06. The summed E-state index contributed by atoms with van der Waals surface area (Å²) in [5, 5.41) is 0. The van der Waals surface area contributed by atoms with E-state index in [1.807, 2.05) is 0 Å². The van der Waals surface area contributed by atoms with Crippen LogP contribution < -0.4 is 0 Å². The maximum atomic E-state index is 14.4. The van der Waals surface area contributed by atoms with E-state index in [0.29, 0.717) is 0 Å². The van der Waals surface area contributed by atoms with Crippen molar-refractivity contribution in [3.05, 3.63) is 12.7 Å². The Morgan fingerprint density at radius 3 is 2.82 bits per heavy atom. The Hall–Kier alpha value is -0.980. The van der Waals surface area contributed by atoms with Crippen molar-refractivity contribution in [2.45, 2.75) is 63.2 Å². The number of hydrogen-bond acceptors (Lipinski definition) is 5. The van der Waals surface area contributed by atoms with Crippen LogP contribution in [0.2, 0.25) is 0 Å². The van der Waals surface area contributed by atoms with Gasteiger partial charge in [0.2, 0.25) is 6.17 Å². The standard InChI is InChI=1S/C16H25FO5/c1-3-10-20-14(13(17)15(18)19-4-2)12-11-21-16(22-12)8-6-5-7-9-16/h3,12-14H,1,4-11H2,2H3/t12-,13-,14-/m1/s1. The number of carbonyl (C=O) groups excluding carboxylic acids is 1. The van der Waals surface area contributed by atoms with E-state index in [9.17, 15) is 9.18 Å². The highest BCUT2D eigenvalue weighted by Gasteiger charge is 2.48. The van der Waals surface area contributed by atoms with Gasteiger partial charge in [-0.1, -0.05) is 12.5 Å². The van der Waals surface area contributed by atoms with Crippen molar-refractivity contribution in [2.24, 2.45) is 0 Å². The third-order valence-electron chi connectivity index (χ3n) is 4.07. The third-order valence-corrected chi connectivity index (χ3v) is 4.07. The normalized spacial score (nSPS) is 26.5. The lowest BCUT2D eigenvalue weighted by molar-refractivity contribution is -0.204. The fourth-order valence-electron chi connectivity index (χ4n) is 3.01. The molecule has 0 aromatic rings. The highest BCUT2D eigenvalue weighted by atomic mass is 19.1. The second-order valence-electron chi connectivity index (χ2n) is 5.68. The van der Waals surface area contributed by atoms with Gasteiger partial charge >= 0.3 is 5.97 Å². The van der Waals surface area contributed by atoms with E-state index >= 15 is 0 Å². The number of alkyl halides is 1. The van der Waals surface area contributed by atoms with Crippen molar-refractivity contribution in [3.63, 3.8) is 0 Å². The lowest BCUT2D eigenvalue weighted by Gasteiger charge is -2.33. The molecule has 2 aliphatic rings. The van der Waals surface area contributed by atoms with Crippen LogP contribution in [0.25, 0.3) is 0 Å². The molecule has 0 bridgehead atoms. The van der Waals surface area contributed by atoms with E-state index in [1.165, 1.54) is 6.08 Å². The first-order valence-corrected chi connectivity index (χ1v) is 7.97. The van der Waals surface area contributed by atoms with Crippen LogP contribution in [0.4, 0.5) is 4.39 Å². The Balaban J connectivity index is 2.02. The SMILES string of the molecule is C=CCO[C@H]([C@H]1COC2(CCCCC2)O1)[C@@H](F)C(=O)OCC. The first kappa shape index (κ1) is 17.4. The average Bonchev–Trinajstić information content (AvgIpc) is 2.92. The maximum absolute atomic E-state index is 14.4. The number of hydrogen-bond donors (Lipinski definition) is 0. The summed E-state index contributed by atoms with van der Waals surface area (Å²) in [5.74, 6) is -1.56. The molecule has 1 spiro atoms. The molecule has 5 nitrogen and oxygen atoms in total. The van der Waals surface area contributed by atoms with Gasteiger partial charge in [-0.2, -0.15) is 0 Å². The number of esters is 1. The van der Waals surface area contributed by atoms with Crippen LogP contribution in [-0.2, 0) is 23.7 Å². The lowest BCUT2D eigenvalue weighted by atomic mass is 9.94. The van der Waals surface area contributed by atoms with E-state index < -0.39 is 30.1 Å². The second-order valence-corrected chi connectivity index (χ2v) is 5.68. The zero-order chi connectivity index (χ0) is 16.0. The summed E-state index contributed by atoms with van der Waals surface area (Å²) < 4.78 is 36.4. The minimum Gasteiger partial charge on any atom is -0.464 e. The van der Waals surface area contributed by atoms with Gasteiger partial charge in [-0.15, -0.1) is 6.58 Å². The van der Waals surface area contributed by atoms with Crippen LogP contribution in [0.1, 0.15) is 39.0 Å². The zero-order valence-corrected chi connectivity index (χ0v) is 13.1. The van der Waals surface area contributed by atoms with Crippen molar-refractivity contribution < 1.29 is 28.1 Å². The highest BCUT2D eigenvalue weighted by Crippen LogP contribution is 2.39. The molecule has 0 amide bonds. The monoisotopic (exact) mass is 316 g/mol. The summed E-state index contributed by atoms with van der Waals surface area (Å²) in [6.45, 7) is 5.67. The van der Waals surface area contributed by atoms with Crippen LogP contribution in [0, 0.1) is 0 Å². The van der Waals surface area contributed by atoms with Crippen LogP contribution in [0.5, 0.6) is 0 Å². The van der Waals surface area contributed by atoms with Crippen LogP contribution in [0.3, 0.4) is 0 Å². The van der Waals surface area contributed by atoms with E-state index in [2.05, 4.69) is 6.58 Å². The van der Waals surface area contributed by atoms with Gasteiger partial charge in [-0.25, -0.2) is 9.18 Å². The molecule has 0 aromatic heterocycles. The first-order valence-electron chi connectivity index (χ1n) is 7.97. The van der Waals surface area contributed by atoms with E-state index in [-0.39, 0.29) is 19.8 Å². The average molecular weight is 316 g/mol. The molecular formula is C16H25FO5. The molecule has 0 unspecified atom stereocenters. The Morgan fingerprint density at radius 2 is 2.18 bits per heavy atom. The Morgan fingerprint density at radius 1 is 1.45 bits per heavy atom. The largest absolute Gasteiger partial charge is 0.464 e. The summed E-state index contributed by atoms with van der Waals surface area (Å²) in [5.41, 5.74) is 0. The van der Waals surface area contributed by atoms with Crippen molar-refractivity contribution >= 4 is 5.97 Å². The molecular weight excluding hydrogens is 291 g/mol. The fourth-order valence-corrected chi connectivity index (χ4v) is 3.01. The molecule has 22 heavy (non-hydrogen) atoms. The molecule has 1 saturated carbocycles. The van der Waals surface area contributed by atoms with Gasteiger partial charge in [0.1, 0.15) is 12.2 Å². The lowest BCUT2D eigenvalue weighted by Crippen LogP contribution is -2.45. The predicted octanol–water partition coefficient (Wildman–Crippen LogP) is 2.53. The minimum atomic E-state index is -1.90. The van der Waals surface area contributed by atoms with E-state index in [0.717, 1.165) is 32.1 Å². The molecule has 1 aliphatic carbocycles. The first-order chi connectivity index (χ1) is 10.6. The van der Waals surface area contributed by atoms with Gasteiger partial charge in [0, 0.05) is 12.8 Å². The van der Waals surface area contributed by atoms with Gasteiger partial charge in [0.25, 0.3) is 0 Å². The van der Waals surface area contributed by atoms with E-state index in [1.54, 1.807) is 6.92 Å². The summed E-state index contributed by atoms with van der Waals surface area (Å²) in [7, 11) is 0. The topological polar surface area (TPSA) is 54.0 Å². The quantitative estimate of drug-likeness (QED) is 0.534. The fraction of sp³-hybridized carbons (Fsp3) is 0.812. The molecule has 1 heterocycles. The summed E-state index contributed by atoms with van der Waals surface area (Å²) in [6.07, 6.45) is 2.77. The summed E-state index contributed by atoms with van der Waals surface area (Å²) in [6, 6.07) is 0. The van der Waals surface area contributed by atoms with Crippen LogP contribution in [0.15, 0.2) is 12.7 Å². The Bertz CT molecular complexity index is 381. The van der Waals surface area contributed by atoms with Crippen molar-refractivity contribution in [2.75, 3.05) is 19.8 Å². The number of halogens is 1. The molecule has 0 radical (unpaired) electrons. The maximum Gasteiger partial charge on any atom is 0.343 e. The molecule has 0 aromatic carbocycles. The number of carbonyl (C=O) groups is 1. The predicted molar refractivity (Wildman–Crippen MR) is 78.1 cm³/mol. The van der Waals surface area contributed by atoms with Gasteiger partial charge in [0.05, 0.1) is 19.8 Å². The number of rotatable bonds is 7. The zero-order valence-electron chi connectivity index (χ0n) is 13.1. The molecule has 126 valence electrons. The van der Waals surface area contributed by atoms with Crippen molar-refractivity contribution in [1.82, 2.24) is 0 Å². The molecule has 6 heteroatoms. The molecule has 1 saturated heterocycles. The number of ether oxygens (including phenoxy) is 4. The van der Waals surface area contributed by atoms with Crippen molar-refractivity contribution in [1.29, 1.82) is 0 Å². The highest BCUT2D eigenvalue weighted by molar-refractivity contribution is 5.75. The van der Waals surface area contributed by atoms with Gasteiger partial charge < -0.3 is 18.9 Å². The summed E-state index contributed by atoms with van der Waals surface area (Å²) >= 11 is 0. The summed E-state index contributed by atoms with van der Waals surface area (Å²) in [4.78, 5) is 11.7. The second kappa shape index (κ2) is 8.04. The van der Waals surface area contributed by atoms with Gasteiger partial charge in [-0.3, -0.25) is 0 Å². The van der Waals surface area contributed by atoms with Gasteiger partial charge in [-0.05, 0) is 19.8 Å². The molecule has 2 fully saturated rings. The van der Waals surface area contributed by atoms with Gasteiger partial charge in [0.15, 0.2) is 5.79 Å². The molecule has 2 rings (SSSR count). The van der Waals surface area contributed by atoms with Crippen molar-refractivity contribution in [3.8, 4) is 0 Å². The molecule has 1 aliphatic heterocycles. The molecule has 3 atom stereocenters. The Labute approximate surface area is 130 Å². The minimum absolute atomic E-state index is 0.124. The molecule has 0 N–H and O–H groups in total.